The van der Waals surface area contributed by atoms with Gasteiger partial charge in [-0.3, -0.25) is 4.79 Å². The SMILES string of the molecule is CCCC(=O)N=C1S/C(=C\c2ccc(OC)c(OC)c2)C(O)=C1C(=O)OCC. The average molecular weight is 405 g/mol. The standard InChI is InChI=1S/C20H23NO6S/c1-5-7-16(22)21-19-17(20(24)27-6-2)18(23)15(28-19)11-12-8-9-13(25-3)14(10-12)26-4/h8-11,23H,5-7H2,1-4H3/b15-11-,21-19?. The van der Waals surface area contributed by atoms with Crippen LogP contribution in [0.4, 0.5) is 0 Å². The number of esters is 1. The van der Waals surface area contributed by atoms with Gasteiger partial charge < -0.3 is 19.3 Å². The van der Waals surface area contributed by atoms with Gasteiger partial charge in [0, 0.05) is 6.42 Å². The molecule has 0 unspecified atom stereocenters. The highest BCUT2D eigenvalue weighted by Gasteiger charge is 2.33. The summed E-state index contributed by atoms with van der Waals surface area (Å²) in [4.78, 5) is 28.6. The molecule has 0 fully saturated rings. The summed E-state index contributed by atoms with van der Waals surface area (Å²) < 4.78 is 15.5. The number of nitrogens with zero attached hydrogens (tertiary/aromatic N) is 1. The average Bonchev–Trinajstić information content (AvgIpc) is 2.96. The van der Waals surface area contributed by atoms with E-state index in [4.69, 9.17) is 14.2 Å². The first-order chi connectivity index (χ1) is 13.4. The van der Waals surface area contributed by atoms with Gasteiger partial charge >= 0.3 is 5.97 Å². The van der Waals surface area contributed by atoms with Crippen molar-refractivity contribution in [3.8, 4) is 11.5 Å². The first-order valence-corrected chi connectivity index (χ1v) is 9.60. The van der Waals surface area contributed by atoms with Gasteiger partial charge in [0.1, 0.15) is 16.4 Å². The molecule has 150 valence electrons. The number of rotatable bonds is 7. The van der Waals surface area contributed by atoms with Gasteiger partial charge in [0.05, 0.1) is 25.7 Å². The third-order valence-corrected chi connectivity index (χ3v) is 4.79. The normalized spacial score (nSPS) is 16.6. The summed E-state index contributed by atoms with van der Waals surface area (Å²) in [5, 5.41) is 10.7. The van der Waals surface area contributed by atoms with E-state index in [-0.39, 0.29) is 35.3 Å². The summed E-state index contributed by atoms with van der Waals surface area (Å²) in [7, 11) is 3.07. The molecule has 0 aliphatic carbocycles. The molecule has 7 nitrogen and oxygen atoms in total. The van der Waals surface area contributed by atoms with E-state index in [1.54, 1.807) is 38.3 Å². The molecule has 1 N–H and O–H groups in total. The van der Waals surface area contributed by atoms with Crippen LogP contribution >= 0.6 is 11.8 Å². The zero-order valence-electron chi connectivity index (χ0n) is 16.3. The second-order valence-corrected chi connectivity index (χ2v) is 6.76. The molecule has 0 saturated carbocycles. The van der Waals surface area contributed by atoms with Crippen LogP contribution in [0.25, 0.3) is 6.08 Å². The van der Waals surface area contributed by atoms with E-state index in [9.17, 15) is 14.7 Å². The van der Waals surface area contributed by atoms with Crippen LogP contribution in [-0.4, -0.2) is 42.9 Å². The maximum absolute atomic E-state index is 12.3. The molecule has 1 aliphatic rings. The number of thioether (sulfide) groups is 1. The number of aliphatic imine (C=N–C) groups is 1. The van der Waals surface area contributed by atoms with Crippen LogP contribution in [0.5, 0.6) is 11.5 Å². The Morgan fingerprint density at radius 1 is 1.18 bits per heavy atom. The summed E-state index contributed by atoms with van der Waals surface area (Å²) in [5.41, 5.74) is 0.624. The monoisotopic (exact) mass is 405 g/mol. The van der Waals surface area contributed by atoms with Crippen LogP contribution in [0.3, 0.4) is 0 Å². The summed E-state index contributed by atoms with van der Waals surface area (Å²) in [6.07, 6.45) is 2.57. The fourth-order valence-electron chi connectivity index (χ4n) is 2.47. The molecule has 0 radical (unpaired) electrons. The third-order valence-electron chi connectivity index (χ3n) is 3.77. The molecule has 28 heavy (non-hydrogen) atoms. The molecule has 0 aromatic heterocycles. The van der Waals surface area contributed by atoms with Gasteiger partial charge in [-0.05, 0) is 37.1 Å². The van der Waals surface area contributed by atoms with Crippen LogP contribution in [0, 0.1) is 0 Å². The molecule has 2 rings (SSSR count). The summed E-state index contributed by atoms with van der Waals surface area (Å²) >= 11 is 1.05. The van der Waals surface area contributed by atoms with E-state index >= 15 is 0 Å². The van der Waals surface area contributed by atoms with Crippen molar-refractivity contribution in [2.75, 3.05) is 20.8 Å². The first-order valence-electron chi connectivity index (χ1n) is 8.79. The van der Waals surface area contributed by atoms with Gasteiger partial charge in [0.25, 0.3) is 0 Å². The molecule has 0 saturated heterocycles. The zero-order valence-corrected chi connectivity index (χ0v) is 17.1. The molecule has 0 bridgehead atoms. The van der Waals surface area contributed by atoms with Crippen LogP contribution in [0.1, 0.15) is 32.3 Å². The smallest absolute Gasteiger partial charge is 0.344 e. The molecule has 1 aromatic rings. The predicted molar refractivity (Wildman–Crippen MR) is 109 cm³/mol. The van der Waals surface area contributed by atoms with Crippen LogP contribution in [0.2, 0.25) is 0 Å². The van der Waals surface area contributed by atoms with Crippen LogP contribution in [-0.2, 0) is 14.3 Å². The van der Waals surface area contributed by atoms with Gasteiger partial charge in [-0.1, -0.05) is 24.8 Å². The van der Waals surface area contributed by atoms with Crippen molar-refractivity contribution in [2.24, 2.45) is 4.99 Å². The van der Waals surface area contributed by atoms with E-state index < -0.39 is 5.97 Å². The second kappa shape index (κ2) is 9.98. The van der Waals surface area contributed by atoms with E-state index in [2.05, 4.69) is 4.99 Å². The van der Waals surface area contributed by atoms with Crippen molar-refractivity contribution in [3.05, 3.63) is 40.0 Å². The number of aliphatic hydroxyl groups is 1. The maximum Gasteiger partial charge on any atom is 0.344 e. The lowest BCUT2D eigenvalue weighted by molar-refractivity contribution is -0.138. The molecule has 1 heterocycles. The number of hydrogen-bond donors (Lipinski definition) is 1. The van der Waals surface area contributed by atoms with Crippen LogP contribution in [0.15, 0.2) is 39.4 Å². The largest absolute Gasteiger partial charge is 0.506 e. The fourth-order valence-corrected chi connectivity index (χ4v) is 3.50. The van der Waals surface area contributed by atoms with Crippen molar-refractivity contribution in [2.45, 2.75) is 26.7 Å². The number of hydrogen-bond acceptors (Lipinski definition) is 7. The molecule has 0 spiro atoms. The molecule has 1 aliphatic heterocycles. The predicted octanol–water partition coefficient (Wildman–Crippen LogP) is 3.89. The zero-order chi connectivity index (χ0) is 20.7. The topological polar surface area (TPSA) is 94.4 Å². The maximum atomic E-state index is 12.3. The minimum absolute atomic E-state index is 0.0944. The van der Waals surface area contributed by atoms with E-state index in [1.807, 2.05) is 6.92 Å². The lowest BCUT2D eigenvalue weighted by Gasteiger charge is -2.08. The van der Waals surface area contributed by atoms with Crippen molar-refractivity contribution in [3.63, 3.8) is 0 Å². The molecule has 0 atom stereocenters. The highest BCUT2D eigenvalue weighted by atomic mass is 32.2. The number of carbonyl (C=O) groups excluding carboxylic acids is 2. The van der Waals surface area contributed by atoms with Gasteiger partial charge in [-0.15, -0.1) is 0 Å². The second-order valence-electron chi connectivity index (χ2n) is 5.73. The lowest BCUT2D eigenvalue weighted by atomic mass is 10.1. The van der Waals surface area contributed by atoms with Gasteiger partial charge in [0.2, 0.25) is 5.91 Å². The lowest BCUT2D eigenvalue weighted by Crippen LogP contribution is -2.14. The Labute approximate surface area is 168 Å². The van der Waals surface area contributed by atoms with Crippen LogP contribution < -0.4 is 9.47 Å². The van der Waals surface area contributed by atoms with Crippen molar-refractivity contribution in [1.82, 2.24) is 0 Å². The minimum Gasteiger partial charge on any atom is -0.506 e. The number of aliphatic hydroxyl groups excluding tert-OH is 1. The van der Waals surface area contributed by atoms with E-state index in [1.165, 1.54) is 7.11 Å². The summed E-state index contributed by atoms with van der Waals surface area (Å²) in [6.45, 7) is 3.67. The van der Waals surface area contributed by atoms with Crippen molar-refractivity contribution < 1.29 is 28.9 Å². The van der Waals surface area contributed by atoms with Gasteiger partial charge in [-0.25, -0.2) is 9.79 Å². The molecule has 1 aromatic carbocycles. The van der Waals surface area contributed by atoms with E-state index in [0.29, 0.717) is 22.8 Å². The fraction of sp³-hybridized carbons (Fsp3) is 0.350. The van der Waals surface area contributed by atoms with E-state index in [0.717, 1.165) is 17.3 Å². The summed E-state index contributed by atoms with van der Waals surface area (Å²) in [5.74, 6) is -0.233. The summed E-state index contributed by atoms with van der Waals surface area (Å²) in [6, 6.07) is 5.25. The van der Waals surface area contributed by atoms with Gasteiger partial charge in [-0.2, -0.15) is 0 Å². The minimum atomic E-state index is -0.716. The Morgan fingerprint density at radius 2 is 1.89 bits per heavy atom. The molecule has 8 heteroatoms. The first kappa shape index (κ1) is 21.6. The number of methoxy groups -OCH3 is 2. The van der Waals surface area contributed by atoms with Crippen molar-refractivity contribution >= 4 is 34.8 Å². The Morgan fingerprint density at radius 3 is 2.50 bits per heavy atom. The Kier molecular flexibility index (Phi) is 7.69. The molecular weight excluding hydrogens is 382 g/mol. The highest BCUT2D eigenvalue weighted by Crippen LogP contribution is 2.40. The number of carbonyl (C=O) groups is 2. The third kappa shape index (κ3) is 4.95. The number of amides is 1. The quantitative estimate of drug-likeness (QED) is 0.688. The Hall–Kier alpha value is -2.74. The highest BCUT2D eigenvalue weighted by molar-refractivity contribution is 8.18. The van der Waals surface area contributed by atoms with Gasteiger partial charge in [0.15, 0.2) is 11.5 Å². The molecular formula is C20H23NO6S. The number of benzene rings is 1. The molecule has 1 amide bonds. The number of ether oxygens (including phenoxy) is 3. The Bertz CT molecular complexity index is 856. The Balaban J connectivity index is 2.46. The van der Waals surface area contributed by atoms with Crippen molar-refractivity contribution in [1.29, 1.82) is 0 Å².